The fourth-order valence-corrected chi connectivity index (χ4v) is 2.59. The highest BCUT2D eigenvalue weighted by molar-refractivity contribution is 4.98. The summed E-state index contributed by atoms with van der Waals surface area (Å²) in [6, 6.07) is 1.20. The summed E-state index contributed by atoms with van der Waals surface area (Å²) in [6.07, 6.45) is 8.70. The number of piperazine rings is 1. The first-order valence-electron chi connectivity index (χ1n) is 6.48. The minimum Gasteiger partial charge on any atom is -0.309 e. The van der Waals surface area contributed by atoms with E-state index in [1.165, 1.54) is 6.42 Å². The summed E-state index contributed by atoms with van der Waals surface area (Å²) in [6.45, 7) is 11.2. The van der Waals surface area contributed by atoms with Crippen molar-refractivity contribution in [1.82, 2.24) is 10.2 Å². The molecular weight excluding hydrogens is 196 g/mol. The number of hydrogen-bond acceptors (Lipinski definition) is 2. The molecule has 16 heavy (non-hydrogen) atoms. The minimum atomic E-state index is 0.216. The van der Waals surface area contributed by atoms with E-state index in [1.54, 1.807) is 0 Å². The molecule has 0 spiro atoms. The zero-order valence-electron chi connectivity index (χ0n) is 11.2. The average molecular weight is 222 g/mol. The molecule has 0 aromatic heterocycles. The van der Waals surface area contributed by atoms with Crippen molar-refractivity contribution in [2.75, 3.05) is 13.1 Å². The van der Waals surface area contributed by atoms with Crippen LogP contribution in [0.5, 0.6) is 0 Å². The lowest BCUT2D eigenvalue weighted by atomic mass is 9.94. The average Bonchev–Trinajstić information content (AvgIpc) is 2.25. The lowest BCUT2D eigenvalue weighted by Gasteiger charge is -2.47. The normalized spacial score (nSPS) is 27.3. The summed E-state index contributed by atoms with van der Waals surface area (Å²) in [5.74, 6) is 2.83. The second-order valence-corrected chi connectivity index (χ2v) is 5.47. The van der Waals surface area contributed by atoms with Crippen molar-refractivity contribution in [2.24, 2.45) is 0 Å². The van der Waals surface area contributed by atoms with Crippen molar-refractivity contribution in [2.45, 2.75) is 64.6 Å². The summed E-state index contributed by atoms with van der Waals surface area (Å²) in [5.41, 5.74) is 0.216. The lowest BCUT2D eigenvalue weighted by Crippen LogP contribution is -2.63. The molecule has 0 bridgehead atoms. The molecule has 2 atom stereocenters. The highest BCUT2D eigenvalue weighted by Gasteiger charge is 2.34. The highest BCUT2D eigenvalue weighted by Crippen LogP contribution is 2.22. The van der Waals surface area contributed by atoms with E-state index in [4.69, 9.17) is 6.42 Å². The van der Waals surface area contributed by atoms with Crippen LogP contribution in [0.25, 0.3) is 0 Å². The SMILES string of the molecule is C#CCC(CC)N1CC(C)(C)NCC1CC. The van der Waals surface area contributed by atoms with Gasteiger partial charge >= 0.3 is 0 Å². The first-order valence-corrected chi connectivity index (χ1v) is 6.48. The van der Waals surface area contributed by atoms with Crippen LogP contribution < -0.4 is 5.32 Å². The molecule has 1 aliphatic rings. The van der Waals surface area contributed by atoms with Gasteiger partial charge in [0.1, 0.15) is 0 Å². The standard InChI is InChI=1S/C14H26N2/c1-6-9-12(7-2)16-11-14(4,5)15-10-13(16)8-3/h1,12-13,15H,7-11H2,2-5H3. The van der Waals surface area contributed by atoms with Crippen molar-refractivity contribution in [3.05, 3.63) is 0 Å². The van der Waals surface area contributed by atoms with Gasteiger partial charge in [0.25, 0.3) is 0 Å². The van der Waals surface area contributed by atoms with E-state index in [0.29, 0.717) is 12.1 Å². The Morgan fingerprint density at radius 2 is 2.19 bits per heavy atom. The van der Waals surface area contributed by atoms with Crippen LogP contribution in [0.15, 0.2) is 0 Å². The monoisotopic (exact) mass is 222 g/mol. The molecule has 0 aromatic carbocycles. The van der Waals surface area contributed by atoms with Crippen molar-refractivity contribution < 1.29 is 0 Å². The topological polar surface area (TPSA) is 15.3 Å². The van der Waals surface area contributed by atoms with Gasteiger partial charge in [0, 0.05) is 37.1 Å². The van der Waals surface area contributed by atoms with E-state index in [9.17, 15) is 0 Å². The molecule has 92 valence electrons. The zero-order valence-corrected chi connectivity index (χ0v) is 11.2. The van der Waals surface area contributed by atoms with Gasteiger partial charge in [0.2, 0.25) is 0 Å². The maximum atomic E-state index is 5.47. The van der Waals surface area contributed by atoms with Gasteiger partial charge in [-0.25, -0.2) is 0 Å². The molecule has 1 aliphatic heterocycles. The Morgan fingerprint density at radius 3 is 2.69 bits per heavy atom. The third-order valence-corrected chi connectivity index (χ3v) is 3.63. The van der Waals surface area contributed by atoms with Gasteiger partial charge in [-0.1, -0.05) is 13.8 Å². The number of terminal acetylenes is 1. The maximum absolute atomic E-state index is 5.47. The van der Waals surface area contributed by atoms with E-state index >= 15 is 0 Å². The molecule has 1 fully saturated rings. The summed E-state index contributed by atoms with van der Waals surface area (Å²) in [5, 5.41) is 3.62. The molecule has 1 saturated heterocycles. The lowest BCUT2D eigenvalue weighted by molar-refractivity contribution is 0.0518. The van der Waals surface area contributed by atoms with Crippen LogP contribution in [-0.4, -0.2) is 35.6 Å². The van der Waals surface area contributed by atoms with Gasteiger partial charge in [-0.3, -0.25) is 4.90 Å². The van der Waals surface area contributed by atoms with Gasteiger partial charge < -0.3 is 5.32 Å². The second-order valence-electron chi connectivity index (χ2n) is 5.47. The van der Waals surface area contributed by atoms with E-state index in [-0.39, 0.29) is 5.54 Å². The van der Waals surface area contributed by atoms with Gasteiger partial charge in [-0.05, 0) is 26.7 Å². The van der Waals surface area contributed by atoms with Gasteiger partial charge in [0.05, 0.1) is 0 Å². The summed E-state index contributed by atoms with van der Waals surface area (Å²) < 4.78 is 0. The molecule has 1 heterocycles. The molecule has 1 N–H and O–H groups in total. The van der Waals surface area contributed by atoms with E-state index in [2.05, 4.69) is 43.8 Å². The predicted molar refractivity (Wildman–Crippen MR) is 70.4 cm³/mol. The highest BCUT2D eigenvalue weighted by atomic mass is 15.3. The zero-order chi connectivity index (χ0) is 12.2. The van der Waals surface area contributed by atoms with Gasteiger partial charge in [-0.15, -0.1) is 12.3 Å². The minimum absolute atomic E-state index is 0.216. The number of rotatable bonds is 4. The molecule has 2 unspecified atom stereocenters. The molecule has 2 nitrogen and oxygen atoms in total. The van der Waals surface area contributed by atoms with Crippen molar-refractivity contribution >= 4 is 0 Å². The molecule has 0 amide bonds. The summed E-state index contributed by atoms with van der Waals surface area (Å²) in [7, 11) is 0. The van der Waals surface area contributed by atoms with Crippen LogP contribution in [-0.2, 0) is 0 Å². The van der Waals surface area contributed by atoms with Crippen LogP contribution in [0, 0.1) is 12.3 Å². The first-order chi connectivity index (χ1) is 7.54. The summed E-state index contributed by atoms with van der Waals surface area (Å²) in [4.78, 5) is 2.62. The maximum Gasteiger partial charge on any atom is 0.0253 e. The molecule has 0 saturated carbocycles. The second kappa shape index (κ2) is 5.70. The fraction of sp³-hybridized carbons (Fsp3) is 0.857. The van der Waals surface area contributed by atoms with E-state index in [1.807, 2.05) is 0 Å². The Morgan fingerprint density at radius 1 is 1.50 bits per heavy atom. The molecule has 0 radical (unpaired) electrons. The van der Waals surface area contributed by atoms with Crippen molar-refractivity contribution in [1.29, 1.82) is 0 Å². The van der Waals surface area contributed by atoms with Crippen LogP contribution in [0.4, 0.5) is 0 Å². The van der Waals surface area contributed by atoms with E-state index in [0.717, 1.165) is 25.9 Å². The Bertz CT molecular complexity index is 252. The van der Waals surface area contributed by atoms with Crippen LogP contribution in [0.2, 0.25) is 0 Å². The third-order valence-electron chi connectivity index (χ3n) is 3.63. The predicted octanol–water partition coefficient (Wildman–Crippen LogP) is 2.25. The molecule has 0 aromatic rings. The number of nitrogens with one attached hydrogen (secondary N) is 1. The quantitative estimate of drug-likeness (QED) is 0.734. The molecular formula is C14H26N2. The Labute approximate surface area is 101 Å². The fourth-order valence-electron chi connectivity index (χ4n) is 2.59. The van der Waals surface area contributed by atoms with Crippen molar-refractivity contribution in [3.63, 3.8) is 0 Å². The first kappa shape index (κ1) is 13.5. The van der Waals surface area contributed by atoms with Crippen LogP contribution in [0.3, 0.4) is 0 Å². The molecule has 1 rings (SSSR count). The Kier molecular flexibility index (Phi) is 4.83. The Hall–Kier alpha value is -0.520. The van der Waals surface area contributed by atoms with Gasteiger partial charge in [-0.2, -0.15) is 0 Å². The van der Waals surface area contributed by atoms with Crippen LogP contribution in [0.1, 0.15) is 47.0 Å². The third kappa shape index (κ3) is 3.23. The van der Waals surface area contributed by atoms with E-state index < -0.39 is 0 Å². The molecule has 0 aliphatic carbocycles. The largest absolute Gasteiger partial charge is 0.309 e. The summed E-state index contributed by atoms with van der Waals surface area (Å²) >= 11 is 0. The Balaban J connectivity index is 2.74. The smallest absolute Gasteiger partial charge is 0.0253 e. The number of nitrogens with zero attached hydrogens (tertiary/aromatic N) is 1. The van der Waals surface area contributed by atoms with Crippen LogP contribution >= 0.6 is 0 Å². The molecule has 2 heteroatoms. The number of hydrogen-bond donors (Lipinski definition) is 1. The van der Waals surface area contributed by atoms with Crippen molar-refractivity contribution in [3.8, 4) is 12.3 Å². The van der Waals surface area contributed by atoms with Gasteiger partial charge in [0.15, 0.2) is 0 Å².